The fraction of sp³-hybridized carbons (Fsp3) is 0.481. The number of hydrogen-bond acceptors (Lipinski definition) is 3. The maximum absolute atomic E-state index is 11.9. The van der Waals surface area contributed by atoms with Crippen LogP contribution in [0, 0.1) is 5.92 Å². The highest BCUT2D eigenvalue weighted by atomic mass is 127. The summed E-state index contributed by atoms with van der Waals surface area (Å²) in [6.07, 6.45) is 2.20. The van der Waals surface area contributed by atoms with Crippen molar-refractivity contribution in [2.45, 2.75) is 65.7 Å². The number of halogens is 1. The van der Waals surface area contributed by atoms with E-state index in [-0.39, 0.29) is 35.8 Å². The zero-order valence-electron chi connectivity index (χ0n) is 20.9. The van der Waals surface area contributed by atoms with Crippen molar-refractivity contribution in [1.29, 1.82) is 0 Å². The maximum atomic E-state index is 11.9. The number of guanidine groups is 1. The predicted molar refractivity (Wildman–Crippen MR) is 153 cm³/mol. The van der Waals surface area contributed by atoms with E-state index >= 15 is 0 Å². The molecular formula is C27H40IN5O. The number of nitrogens with zero attached hydrogens (tertiary/aromatic N) is 2. The van der Waals surface area contributed by atoms with Crippen LogP contribution >= 0.6 is 24.0 Å². The molecule has 2 unspecified atom stereocenters. The van der Waals surface area contributed by atoms with E-state index in [2.05, 4.69) is 65.0 Å². The molecule has 2 atom stereocenters. The van der Waals surface area contributed by atoms with Crippen LogP contribution in [-0.2, 0) is 17.9 Å². The van der Waals surface area contributed by atoms with E-state index in [1.165, 1.54) is 5.56 Å². The lowest BCUT2D eigenvalue weighted by atomic mass is 9.97. The first kappa shape index (κ1) is 28.1. The molecule has 0 saturated carbocycles. The van der Waals surface area contributed by atoms with E-state index in [1.807, 2.05) is 38.1 Å². The lowest BCUT2D eigenvalue weighted by Gasteiger charge is -2.38. The summed E-state index contributed by atoms with van der Waals surface area (Å²) >= 11 is 0. The second-order valence-corrected chi connectivity index (χ2v) is 9.21. The summed E-state index contributed by atoms with van der Waals surface area (Å²) in [4.78, 5) is 19.2. The number of nitrogens with one attached hydrogen (secondary N) is 3. The highest BCUT2D eigenvalue weighted by Gasteiger charge is 2.26. The maximum Gasteiger partial charge on any atom is 0.226 e. The molecule has 1 fully saturated rings. The molecule has 1 aliphatic rings. The number of aliphatic imine (C=N–C) groups is 1. The molecule has 0 bridgehead atoms. The van der Waals surface area contributed by atoms with Crippen molar-refractivity contribution in [2.24, 2.45) is 10.9 Å². The normalized spacial score (nSPS) is 18.8. The SMILES string of the molecule is CCNC(=NCc1ccc(NC(=O)C(C)C)cc1)NC1CCN(Cc2ccccc2)C(C)C1.I. The van der Waals surface area contributed by atoms with Crippen molar-refractivity contribution in [2.75, 3.05) is 18.4 Å². The van der Waals surface area contributed by atoms with Gasteiger partial charge in [0, 0.05) is 43.3 Å². The van der Waals surface area contributed by atoms with Gasteiger partial charge in [-0.3, -0.25) is 9.69 Å². The van der Waals surface area contributed by atoms with Crippen LogP contribution in [0.1, 0.15) is 51.7 Å². The fourth-order valence-electron chi connectivity index (χ4n) is 4.07. The van der Waals surface area contributed by atoms with Crippen molar-refractivity contribution in [1.82, 2.24) is 15.5 Å². The molecule has 1 heterocycles. The molecule has 2 aromatic carbocycles. The van der Waals surface area contributed by atoms with Crippen LogP contribution in [0.5, 0.6) is 0 Å². The molecule has 2 aromatic rings. The van der Waals surface area contributed by atoms with E-state index in [0.717, 1.165) is 49.7 Å². The summed E-state index contributed by atoms with van der Waals surface area (Å²) < 4.78 is 0. The van der Waals surface area contributed by atoms with E-state index in [9.17, 15) is 4.79 Å². The highest BCUT2D eigenvalue weighted by molar-refractivity contribution is 14.0. The Morgan fingerprint density at radius 2 is 1.79 bits per heavy atom. The van der Waals surface area contributed by atoms with Crippen LogP contribution in [0.3, 0.4) is 0 Å². The molecule has 1 aliphatic heterocycles. The number of amides is 1. The highest BCUT2D eigenvalue weighted by Crippen LogP contribution is 2.20. The van der Waals surface area contributed by atoms with E-state index in [4.69, 9.17) is 4.99 Å². The van der Waals surface area contributed by atoms with E-state index < -0.39 is 0 Å². The third-order valence-electron chi connectivity index (χ3n) is 6.09. The Bertz CT molecular complexity index is 901. The van der Waals surface area contributed by atoms with Crippen molar-refractivity contribution >= 4 is 41.5 Å². The summed E-state index contributed by atoms with van der Waals surface area (Å²) in [5.74, 6) is 0.864. The molecule has 34 heavy (non-hydrogen) atoms. The van der Waals surface area contributed by atoms with Gasteiger partial charge in [0.1, 0.15) is 0 Å². The minimum Gasteiger partial charge on any atom is -0.357 e. The molecule has 7 heteroatoms. The Balaban J connectivity index is 0.00000408. The van der Waals surface area contributed by atoms with E-state index in [1.54, 1.807) is 0 Å². The van der Waals surface area contributed by atoms with Gasteiger partial charge in [0.2, 0.25) is 5.91 Å². The van der Waals surface area contributed by atoms with Gasteiger partial charge < -0.3 is 16.0 Å². The Kier molecular flexibility index (Phi) is 11.8. The van der Waals surface area contributed by atoms with Crippen molar-refractivity contribution < 1.29 is 4.79 Å². The van der Waals surface area contributed by atoms with Crippen molar-refractivity contribution in [3.8, 4) is 0 Å². The quantitative estimate of drug-likeness (QED) is 0.235. The number of rotatable bonds is 8. The lowest BCUT2D eigenvalue weighted by molar-refractivity contribution is -0.118. The largest absolute Gasteiger partial charge is 0.357 e. The number of benzene rings is 2. The zero-order valence-corrected chi connectivity index (χ0v) is 23.2. The first-order valence-corrected chi connectivity index (χ1v) is 12.2. The summed E-state index contributed by atoms with van der Waals surface area (Å²) in [7, 11) is 0. The van der Waals surface area contributed by atoms with Gasteiger partial charge in [0.05, 0.1) is 6.54 Å². The van der Waals surface area contributed by atoms with Gasteiger partial charge in [-0.05, 0) is 49.9 Å². The monoisotopic (exact) mass is 577 g/mol. The average molecular weight is 578 g/mol. The molecule has 0 aliphatic carbocycles. The Hall–Kier alpha value is -2.13. The van der Waals surface area contributed by atoms with Gasteiger partial charge in [-0.15, -0.1) is 24.0 Å². The minimum absolute atomic E-state index is 0. The standard InChI is InChI=1S/C27H39N5O.HI/c1-5-28-27(29-18-22-11-13-24(14-12-22)30-26(33)20(2)3)31-25-15-16-32(21(4)17-25)19-23-9-7-6-8-10-23;/h6-14,20-21,25H,5,15-19H2,1-4H3,(H,30,33)(H2,28,29,31);1H. The summed E-state index contributed by atoms with van der Waals surface area (Å²) in [5, 5.41) is 9.96. The van der Waals surface area contributed by atoms with Crippen LogP contribution in [0.25, 0.3) is 0 Å². The second-order valence-electron chi connectivity index (χ2n) is 9.21. The molecule has 1 amide bonds. The van der Waals surface area contributed by atoms with Crippen LogP contribution in [-0.4, -0.2) is 41.9 Å². The zero-order chi connectivity index (χ0) is 23.6. The van der Waals surface area contributed by atoms with E-state index in [0.29, 0.717) is 18.6 Å². The molecule has 3 rings (SSSR count). The Morgan fingerprint density at radius 3 is 2.41 bits per heavy atom. The molecule has 1 saturated heterocycles. The Labute approximate surface area is 222 Å². The van der Waals surface area contributed by atoms with Gasteiger partial charge in [0.25, 0.3) is 0 Å². The summed E-state index contributed by atoms with van der Waals surface area (Å²) in [5.41, 5.74) is 3.31. The molecule has 6 nitrogen and oxygen atoms in total. The number of likely N-dealkylation sites (tertiary alicyclic amines) is 1. The smallest absolute Gasteiger partial charge is 0.226 e. The first-order chi connectivity index (χ1) is 15.9. The third-order valence-corrected chi connectivity index (χ3v) is 6.09. The molecular weight excluding hydrogens is 537 g/mol. The number of piperidine rings is 1. The van der Waals surface area contributed by atoms with Gasteiger partial charge in [-0.25, -0.2) is 4.99 Å². The molecule has 0 radical (unpaired) electrons. The molecule has 0 aromatic heterocycles. The Morgan fingerprint density at radius 1 is 1.09 bits per heavy atom. The summed E-state index contributed by atoms with van der Waals surface area (Å²) in [6.45, 7) is 11.7. The van der Waals surface area contributed by atoms with Crippen LogP contribution in [0.15, 0.2) is 59.6 Å². The van der Waals surface area contributed by atoms with Crippen molar-refractivity contribution in [3.05, 3.63) is 65.7 Å². The number of carbonyl (C=O) groups is 1. The number of anilines is 1. The first-order valence-electron chi connectivity index (χ1n) is 12.2. The van der Waals surface area contributed by atoms with Gasteiger partial charge >= 0.3 is 0 Å². The second kappa shape index (κ2) is 14.3. The van der Waals surface area contributed by atoms with Gasteiger partial charge in [0.15, 0.2) is 5.96 Å². The van der Waals surface area contributed by atoms with Crippen LogP contribution in [0.2, 0.25) is 0 Å². The number of hydrogen-bond donors (Lipinski definition) is 3. The van der Waals surface area contributed by atoms with Crippen LogP contribution in [0.4, 0.5) is 5.69 Å². The summed E-state index contributed by atoms with van der Waals surface area (Å²) in [6, 6.07) is 19.6. The fourth-order valence-corrected chi connectivity index (χ4v) is 4.07. The van der Waals surface area contributed by atoms with Crippen molar-refractivity contribution in [3.63, 3.8) is 0 Å². The topological polar surface area (TPSA) is 68.8 Å². The van der Waals surface area contributed by atoms with Gasteiger partial charge in [-0.2, -0.15) is 0 Å². The van der Waals surface area contributed by atoms with Gasteiger partial charge in [-0.1, -0.05) is 56.3 Å². The predicted octanol–water partition coefficient (Wildman–Crippen LogP) is 5.01. The molecule has 186 valence electrons. The molecule has 0 spiro atoms. The minimum atomic E-state index is -0.0315. The third kappa shape index (κ3) is 8.91. The number of carbonyl (C=O) groups excluding carboxylic acids is 1. The van der Waals surface area contributed by atoms with Crippen LogP contribution < -0.4 is 16.0 Å². The lowest BCUT2D eigenvalue weighted by Crippen LogP contribution is -2.51. The average Bonchev–Trinajstić information content (AvgIpc) is 2.81. The molecule has 3 N–H and O–H groups in total.